The van der Waals surface area contributed by atoms with Gasteiger partial charge < -0.3 is 9.80 Å². The van der Waals surface area contributed by atoms with Crippen molar-refractivity contribution in [1.29, 1.82) is 0 Å². The Balaban J connectivity index is 1.25. The van der Waals surface area contributed by atoms with Gasteiger partial charge in [0.1, 0.15) is 0 Å². The average Bonchev–Trinajstić information content (AvgIpc) is 3.46. The normalized spacial score (nSPS) is 12.7. The second-order valence-electron chi connectivity index (χ2n) is 16.1. The van der Waals surface area contributed by atoms with Gasteiger partial charge in [0.2, 0.25) is 0 Å². The Hall–Kier alpha value is -6.90. The zero-order valence-electron chi connectivity index (χ0n) is 32.9. The lowest BCUT2D eigenvalue weighted by atomic mass is 9.81. The first-order valence-electron chi connectivity index (χ1n) is 19.9. The number of nitrogens with zero attached hydrogens (tertiary/aromatic N) is 2. The van der Waals surface area contributed by atoms with Crippen molar-refractivity contribution in [3.8, 4) is 22.3 Å². The van der Waals surface area contributed by atoms with Crippen molar-refractivity contribution < 1.29 is 0 Å². The molecule has 0 heterocycles. The molecule has 1 aliphatic rings. The number of aryl methyl sites for hydroxylation is 2. The van der Waals surface area contributed by atoms with Crippen molar-refractivity contribution in [3.63, 3.8) is 0 Å². The molecule has 0 aliphatic heterocycles. The molecule has 0 fully saturated rings. The monoisotopic (exact) mass is 732 g/mol. The summed E-state index contributed by atoms with van der Waals surface area (Å²) in [5.41, 5.74) is 16.7. The third kappa shape index (κ3) is 6.15. The molecule has 0 N–H and O–H groups in total. The van der Waals surface area contributed by atoms with E-state index in [1.807, 2.05) is 0 Å². The lowest BCUT2D eigenvalue weighted by Crippen LogP contribution is -2.15. The van der Waals surface area contributed by atoms with Crippen LogP contribution >= 0.6 is 0 Å². The summed E-state index contributed by atoms with van der Waals surface area (Å²) in [7, 11) is 0. The fourth-order valence-electron chi connectivity index (χ4n) is 8.96. The molecule has 0 radical (unpaired) electrons. The summed E-state index contributed by atoms with van der Waals surface area (Å²) in [5.74, 6) is 0. The van der Waals surface area contributed by atoms with Crippen molar-refractivity contribution in [2.75, 3.05) is 9.80 Å². The zero-order chi connectivity index (χ0) is 38.7. The fourth-order valence-corrected chi connectivity index (χ4v) is 8.96. The predicted molar refractivity (Wildman–Crippen MR) is 243 cm³/mol. The number of fused-ring (bicyclic) bond motifs is 5. The minimum absolute atomic E-state index is 0.111. The number of rotatable bonds is 7. The minimum atomic E-state index is -0.111. The lowest BCUT2D eigenvalue weighted by molar-refractivity contribution is 0.660. The smallest absolute Gasteiger partial charge is 0.0488 e. The van der Waals surface area contributed by atoms with Gasteiger partial charge in [0.15, 0.2) is 0 Å². The highest BCUT2D eigenvalue weighted by molar-refractivity contribution is 5.94. The Labute approximate surface area is 335 Å². The fraction of sp³-hybridized carbons (Fsp3) is 0.0909. The quantitative estimate of drug-likeness (QED) is 0.161. The van der Waals surface area contributed by atoms with Crippen LogP contribution in [0.2, 0.25) is 0 Å². The van der Waals surface area contributed by atoms with Crippen molar-refractivity contribution in [3.05, 3.63) is 216 Å². The second-order valence-corrected chi connectivity index (χ2v) is 16.1. The van der Waals surface area contributed by atoms with Crippen LogP contribution in [-0.2, 0) is 5.41 Å². The molecule has 9 aromatic rings. The summed E-state index contributed by atoms with van der Waals surface area (Å²) in [4.78, 5) is 4.85. The van der Waals surface area contributed by atoms with Crippen LogP contribution < -0.4 is 9.80 Å². The van der Waals surface area contributed by atoms with E-state index in [2.05, 4.69) is 232 Å². The number of hydrogen-bond donors (Lipinski definition) is 0. The number of anilines is 6. The van der Waals surface area contributed by atoms with Gasteiger partial charge >= 0.3 is 0 Å². The van der Waals surface area contributed by atoms with Gasteiger partial charge in [0.05, 0.1) is 0 Å². The Bertz CT molecular complexity index is 2840. The topological polar surface area (TPSA) is 6.48 Å². The highest BCUT2D eigenvalue weighted by Gasteiger charge is 2.35. The lowest BCUT2D eigenvalue weighted by Gasteiger charge is -2.31. The van der Waals surface area contributed by atoms with E-state index in [0.717, 1.165) is 39.7 Å². The van der Waals surface area contributed by atoms with E-state index in [1.165, 1.54) is 60.5 Å². The summed E-state index contributed by atoms with van der Waals surface area (Å²) in [6, 6.07) is 71.7. The molecule has 0 amide bonds. The van der Waals surface area contributed by atoms with Crippen LogP contribution in [0.5, 0.6) is 0 Å². The largest absolute Gasteiger partial charge is 0.310 e. The molecule has 274 valence electrons. The molecule has 57 heavy (non-hydrogen) atoms. The third-order valence-corrected chi connectivity index (χ3v) is 11.8. The van der Waals surface area contributed by atoms with Gasteiger partial charge in [-0.2, -0.15) is 0 Å². The molecular weight excluding hydrogens is 689 g/mol. The number of hydrogen-bond acceptors (Lipinski definition) is 2. The van der Waals surface area contributed by atoms with Crippen LogP contribution in [0.1, 0.15) is 36.1 Å². The Morgan fingerprint density at radius 1 is 0.316 bits per heavy atom. The van der Waals surface area contributed by atoms with Crippen LogP contribution in [0, 0.1) is 13.8 Å². The van der Waals surface area contributed by atoms with Gasteiger partial charge in [-0.1, -0.05) is 135 Å². The maximum atomic E-state index is 2.44. The van der Waals surface area contributed by atoms with Crippen LogP contribution in [0.15, 0.2) is 194 Å². The standard InChI is InChI=1S/C55H44N2/c1-37-13-11-19-45(29-37)56(47-26-23-39-15-5-7-17-41(39)31-47)49-33-44(43-25-28-52-51-21-9-10-22-53(51)55(3,4)54(52)35-43)34-50(36-49)57(46-20-12-14-38(2)30-46)48-27-24-40-16-6-8-18-42(40)32-48/h5-36H,1-4H3. The van der Waals surface area contributed by atoms with Gasteiger partial charge in [0.25, 0.3) is 0 Å². The molecule has 10 rings (SSSR count). The molecular formula is C55H44N2. The third-order valence-electron chi connectivity index (χ3n) is 11.8. The summed E-state index contributed by atoms with van der Waals surface area (Å²) in [6.45, 7) is 9.07. The molecule has 9 aromatic carbocycles. The van der Waals surface area contributed by atoms with Gasteiger partial charge in [-0.25, -0.2) is 0 Å². The molecule has 0 spiro atoms. The first kappa shape index (κ1) is 34.6. The highest BCUT2D eigenvalue weighted by atomic mass is 15.2. The van der Waals surface area contributed by atoms with Crippen molar-refractivity contribution in [2.45, 2.75) is 33.1 Å². The molecule has 2 nitrogen and oxygen atoms in total. The molecule has 2 heteroatoms. The summed E-state index contributed by atoms with van der Waals surface area (Å²) >= 11 is 0. The maximum absolute atomic E-state index is 2.44. The van der Waals surface area contributed by atoms with E-state index in [1.54, 1.807) is 0 Å². The SMILES string of the molecule is Cc1cccc(N(c2cc(-c3ccc4c(c3)C(C)(C)c3ccccc3-4)cc(N(c3cccc(C)c3)c3ccc4ccccc4c3)c2)c2ccc3ccccc3c2)c1. The van der Waals surface area contributed by atoms with Crippen LogP contribution in [0.4, 0.5) is 34.1 Å². The Morgan fingerprint density at radius 2 is 0.807 bits per heavy atom. The zero-order valence-corrected chi connectivity index (χ0v) is 32.9. The van der Waals surface area contributed by atoms with Crippen LogP contribution in [0.25, 0.3) is 43.8 Å². The van der Waals surface area contributed by atoms with Gasteiger partial charge in [-0.3, -0.25) is 0 Å². The predicted octanol–water partition coefficient (Wildman–Crippen LogP) is 15.5. The second kappa shape index (κ2) is 13.7. The van der Waals surface area contributed by atoms with Gasteiger partial charge in [-0.15, -0.1) is 0 Å². The number of benzene rings is 9. The molecule has 0 aromatic heterocycles. The molecule has 0 saturated carbocycles. The van der Waals surface area contributed by atoms with Gasteiger partial charge in [-0.05, 0) is 153 Å². The summed E-state index contributed by atoms with van der Waals surface area (Å²) in [5, 5.41) is 4.87. The van der Waals surface area contributed by atoms with Crippen LogP contribution in [0.3, 0.4) is 0 Å². The Kier molecular flexibility index (Phi) is 8.30. The van der Waals surface area contributed by atoms with Gasteiger partial charge in [0, 0.05) is 39.5 Å². The van der Waals surface area contributed by atoms with E-state index in [9.17, 15) is 0 Å². The minimum Gasteiger partial charge on any atom is -0.310 e. The van der Waals surface area contributed by atoms with E-state index in [-0.39, 0.29) is 5.41 Å². The molecule has 1 aliphatic carbocycles. The average molecular weight is 733 g/mol. The van der Waals surface area contributed by atoms with E-state index >= 15 is 0 Å². The first-order valence-corrected chi connectivity index (χ1v) is 19.9. The highest BCUT2D eigenvalue weighted by Crippen LogP contribution is 2.50. The van der Waals surface area contributed by atoms with E-state index in [4.69, 9.17) is 0 Å². The summed E-state index contributed by atoms with van der Waals surface area (Å²) < 4.78 is 0. The summed E-state index contributed by atoms with van der Waals surface area (Å²) in [6.07, 6.45) is 0. The molecule has 0 atom stereocenters. The van der Waals surface area contributed by atoms with E-state index in [0.29, 0.717) is 0 Å². The van der Waals surface area contributed by atoms with Crippen molar-refractivity contribution in [2.24, 2.45) is 0 Å². The van der Waals surface area contributed by atoms with Crippen molar-refractivity contribution >= 4 is 55.7 Å². The van der Waals surface area contributed by atoms with E-state index < -0.39 is 0 Å². The molecule has 0 saturated heterocycles. The van der Waals surface area contributed by atoms with Crippen LogP contribution in [-0.4, -0.2) is 0 Å². The molecule has 0 bridgehead atoms. The maximum Gasteiger partial charge on any atom is 0.0488 e. The molecule has 0 unspecified atom stereocenters. The first-order chi connectivity index (χ1) is 27.8. The Morgan fingerprint density at radius 3 is 1.37 bits per heavy atom. The van der Waals surface area contributed by atoms with Crippen molar-refractivity contribution in [1.82, 2.24) is 0 Å².